The SMILES string of the molecule is C1CN2CCC1C(C1CN3CCC1C3)C2. The van der Waals surface area contributed by atoms with Gasteiger partial charge in [0.2, 0.25) is 0 Å². The first-order valence-electron chi connectivity index (χ1n) is 6.85. The van der Waals surface area contributed by atoms with Crippen molar-refractivity contribution in [3.8, 4) is 0 Å². The maximum absolute atomic E-state index is 2.73. The van der Waals surface area contributed by atoms with Crippen LogP contribution in [0.3, 0.4) is 0 Å². The van der Waals surface area contributed by atoms with Crippen LogP contribution in [0.15, 0.2) is 0 Å². The van der Waals surface area contributed by atoms with Gasteiger partial charge in [-0.15, -0.1) is 0 Å². The Morgan fingerprint density at radius 1 is 0.600 bits per heavy atom. The van der Waals surface area contributed by atoms with Gasteiger partial charge in [-0.25, -0.2) is 0 Å². The fourth-order valence-corrected chi connectivity index (χ4v) is 4.81. The van der Waals surface area contributed by atoms with Crippen molar-refractivity contribution >= 4 is 0 Å². The normalized spacial score (nSPS) is 57.6. The quantitative estimate of drug-likeness (QED) is 0.638. The van der Waals surface area contributed by atoms with Gasteiger partial charge in [-0.05, 0) is 62.6 Å². The van der Waals surface area contributed by atoms with Crippen LogP contribution in [0.5, 0.6) is 0 Å². The van der Waals surface area contributed by atoms with Crippen LogP contribution in [0.1, 0.15) is 19.3 Å². The van der Waals surface area contributed by atoms with E-state index >= 15 is 0 Å². The molecule has 0 aromatic carbocycles. The van der Waals surface area contributed by atoms with Crippen molar-refractivity contribution < 1.29 is 0 Å². The molecule has 0 aliphatic carbocycles. The first-order valence-corrected chi connectivity index (χ1v) is 6.85. The summed E-state index contributed by atoms with van der Waals surface area (Å²) in [5, 5.41) is 0. The van der Waals surface area contributed by atoms with Crippen molar-refractivity contribution in [3.05, 3.63) is 0 Å². The van der Waals surface area contributed by atoms with Crippen molar-refractivity contribution in [1.29, 1.82) is 0 Å². The highest BCUT2D eigenvalue weighted by Crippen LogP contribution is 2.45. The van der Waals surface area contributed by atoms with Gasteiger partial charge in [0, 0.05) is 19.6 Å². The summed E-state index contributed by atoms with van der Waals surface area (Å²) in [7, 11) is 0. The largest absolute Gasteiger partial charge is 0.303 e. The van der Waals surface area contributed by atoms with E-state index in [0.717, 1.165) is 23.7 Å². The maximum atomic E-state index is 2.73. The monoisotopic (exact) mass is 206 g/mol. The number of hydrogen-bond acceptors (Lipinski definition) is 2. The van der Waals surface area contributed by atoms with Gasteiger partial charge in [-0.3, -0.25) is 0 Å². The van der Waals surface area contributed by atoms with Crippen molar-refractivity contribution in [1.82, 2.24) is 9.80 Å². The molecular weight excluding hydrogens is 184 g/mol. The minimum atomic E-state index is 1.07. The lowest BCUT2D eigenvalue weighted by Crippen LogP contribution is -2.51. The number of piperidine rings is 4. The number of hydrogen-bond donors (Lipinski definition) is 0. The fraction of sp³-hybridized carbons (Fsp3) is 1.00. The second-order valence-electron chi connectivity index (χ2n) is 6.27. The van der Waals surface area contributed by atoms with Crippen molar-refractivity contribution in [3.63, 3.8) is 0 Å². The Morgan fingerprint density at radius 2 is 1.20 bits per heavy atom. The third-order valence-electron chi connectivity index (χ3n) is 5.64. The predicted molar refractivity (Wildman–Crippen MR) is 60.7 cm³/mol. The van der Waals surface area contributed by atoms with Crippen LogP contribution in [-0.2, 0) is 0 Å². The van der Waals surface area contributed by atoms with Crippen LogP contribution in [0.25, 0.3) is 0 Å². The number of nitrogens with zero attached hydrogens (tertiary/aromatic N) is 2. The van der Waals surface area contributed by atoms with Crippen molar-refractivity contribution in [2.75, 3.05) is 39.3 Å². The second kappa shape index (κ2) is 3.21. The Bertz CT molecular complexity index is 257. The molecule has 0 aromatic rings. The van der Waals surface area contributed by atoms with Crippen LogP contribution < -0.4 is 0 Å². The molecule has 5 saturated heterocycles. The van der Waals surface area contributed by atoms with Gasteiger partial charge in [0.05, 0.1) is 0 Å². The van der Waals surface area contributed by atoms with E-state index in [0.29, 0.717) is 0 Å². The fourth-order valence-electron chi connectivity index (χ4n) is 4.81. The average Bonchev–Trinajstić information content (AvgIpc) is 2.92. The molecule has 0 saturated carbocycles. The third kappa shape index (κ3) is 1.31. The highest BCUT2D eigenvalue weighted by molar-refractivity contribution is 4.99. The standard InChI is InChI=1S/C13H22N2/c1-4-14-5-2-10(1)12(8-14)13-9-15-6-3-11(13)7-15/h10-13H,1-9H2. The van der Waals surface area contributed by atoms with Crippen LogP contribution in [0.4, 0.5) is 0 Å². The molecule has 5 rings (SSSR count). The van der Waals surface area contributed by atoms with E-state index < -0.39 is 0 Å². The zero-order valence-corrected chi connectivity index (χ0v) is 9.57. The van der Waals surface area contributed by atoms with Crippen LogP contribution in [0, 0.1) is 23.7 Å². The Kier molecular flexibility index (Phi) is 1.92. The molecule has 84 valence electrons. The Hall–Kier alpha value is -0.0800. The summed E-state index contributed by atoms with van der Waals surface area (Å²) in [5.41, 5.74) is 0. The van der Waals surface area contributed by atoms with Crippen molar-refractivity contribution in [2.45, 2.75) is 19.3 Å². The van der Waals surface area contributed by atoms with Gasteiger partial charge in [-0.1, -0.05) is 0 Å². The minimum Gasteiger partial charge on any atom is -0.303 e. The molecule has 2 nitrogen and oxygen atoms in total. The number of fused-ring (bicyclic) bond motifs is 5. The molecule has 5 fully saturated rings. The second-order valence-corrected chi connectivity index (χ2v) is 6.27. The van der Waals surface area contributed by atoms with Gasteiger partial charge in [0.1, 0.15) is 0 Å². The summed E-state index contributed by atoms with van der Waals surface area (Å²) in [5.74, 6) is 4.32. The molecule has 5 aliphatic rings. The summed E-state index contributed by atoms with van der Waals surface area (Å²) >= 11 is 0. The Labute approximate surface area is 92.6 Å². The molecular formula is C13H22N2. The van der Waals surface area contributed by atoms with Gasteiger partial charge < -0.3 is 9.80 Å². The highest BCUT2D eigenvalue weighted by Gasteiger charge is 2.46. The lowest BCUT2D eigenvalue weighted by atomic mass is 9.69. The number of rotatable bonds is 1. The molecule has 0 amide bonds. The Morgan fingerprint density at radius 3 is 1.73 bits per heavy atom. The molecule has 5 aliphatic heterocycles. The van der Waals surface area contributed by atoms with Gasteiger partial charge >= 0.3 is 0 Å². The van der Waals surface area contributed by atoms with Crippen LogP contribution in [-0.4, -0.2) is 49.1 Å². The zero-order chi connectivity index (χ0) is 9.83. The highest BCUT2D eigenvalue weighted by atomic mass is 15.2. The molecule has 0 aromatic heterocycles. The smallest absolute Gasteiger partial charge is 0.00161 e. The third-order valence-corrected chi connectivity index (χ3v) is 5.64. The molecule has 0 radical (unpaired) electrons. The van der Waals surface area contributed by atoms with Crippen LogP contribution in [0.2, 0.25) is 0 Å². The van der Waals surface area contributed by atoms with E-state index in [-0.39, 0.29) is 0 Å². The summed E-state index contributed by atoms with van der Waals surface area (Å²) in [6.07, 6.45) is 4.52. The van der Waals surface area contributed by atoms with E-state index in [1.165, 1.54) is 58.5 Å². The van der Waals surface area contributed by atoms with E-state index in [9.17, 15) is 0 Å². The molecule has 2 heteroatoms. The molecule has 5 heterocycles. The van der Waals surface area contributed by atoms with Gasteiger partial charge in [0.15, 0.2) is 0 Å². The first kappa shape index (κ1) is 9.00. The summed E-state index contributed by atoms with van der Waals surface area (Å²) in [6, 6.07) is 0. The predicted octanol–water partition coefficient (Wildman–Crippen LogP) is 1.28. The molecule has 0 spiro atoms. The topological polar surface area (TPSA) is 6.48 Å². The molecule has 4 unspecified atom stereocenters. The van der Waals surface area contributed by atoms with E-state index in [2.05, 4.69) is 9.80 Å². The minimum absolute atomic E-state index is 1.07. The van der Waals surface area contributed by atoms with Gasteiger partial charge in [0.25, 0.3) is 0 Å². The molecule has 0 N–H and O–H groups in total. The van der Waals surface area contributed by atoms with E-state index in [4.69, 9.17) is 0 Å². The first-order chi connectivity index (χ1) is 7.40. The zero-order valence-electron chi connectivity index (χ0n) is 9.57. The Balaban J connectivity index is 1.53. The van der Waals surface area contributed by atoms with Gasteiger partial charge in [-0.2, -0.15) is 0 Å². The lowest BCUT2D eigenvalue weighted by Gasteiger charge is -2.48. The summed E-state index contributed by atoms with van der Waals surface area (Å²) in [6.45, 7) is 8.54. The lowest BCUT2D eigenvalue weighted by molar-refractivity contribution is 0.00657. The summed E-state index contributed by atoms with van der Waals surface area (Å²) < 4.78 is 0. The maximum Gasteiger partial charge on any atom is 0.00161 e. The molecule has 4 atom stereocenters. The van der Waals surface area contributed by atoms with E-state index in [1.807, 2.05) is 0 Å². The van der Waals surface area contributed by atoms with Crippen molar-refractivity contribution in [2.24, 2.45) is 23.7 Å². The molecule has 4 bridgehead atoms. The average molecular weight is 206 g/mol. The summed E-state index contributed by atoms with van der Waals surface area (Å²) in [4.78, 5) is 5.44. The van der Waals surface area contributed by atoms with Crippen LogP contribution >= 0.6 is 0 Å². The molecule has 15 heavy (non-hydrogen) atoms. The van der Waals surface area contributed by atoms with E-state index in [1.54, 1.807) is 0 Å².